The van der Waals surface area contributed by atoms with Gasteiger partial charge in [0.1, 0.15) is 0 Å². The van der Waals surface area contributed by atoms with Gasteiger partial charge in [-0.25, -0.2) is 0 Å². The molecule has 0 aliphatic rings. The standard InChI is InChI=1S/C21H18ClF3N2O/c1-20(13-21(23,24)25,11-14-6-3-2-4-7-14)27-19(28)16-10-15-8-5-9-17(22)18(15)26-12-16/h2-10,12H,11,13H2,1H3,(H,27,28). The van der Waals surface area contributed by atoms with Crippen LogP contribution in [-0.4, -0.2) is 22.6 Å². The van der Waals surface area contributed by atoms with Crippen molar-refractivity contribution >= 4 is 28.4 Å². The summed E-state index contributed by atoms with van der Waals surface area (Å²) in [6.07, 6.45) is -4.20. The van der Waals surface area contributed by atoms with Crippen molar-refractivity contribution in [3.8, 4) is 0 Å². The monoisotopic (exact) mass is 406 g/mol. The second-order valence-corrected chi connectivity index (χ2v) is 7.41. The molecule has 1 N–H and O–H groups in total. The van der Waals surface area contributed by atoms with Crippen molar-refractivity contribution in [1.82, 2.24) is 10.3 Å². The molecule has 1 amide bonds. The second-order valence-electron chi connectivity index (χ2n) is 7.00. The Balaban J connectivity index is 1.88. The normalized spacial score (nSPS) is 13.9. The van der Waals surface area contributed by atoms with Gasteiger partial charge in [-0.15, -0.1) is 0 Å². The quantitative estimate of drug-likeness (QED) is 0.601. The Bertz CT molecular complexity index is 992. The number of benzene rings is 2. The Morgan fingerprint density at radius 1 is 1.11 bits per heavy atom. The fourth-order valence-corrected chi connectivity index (χ4v) is 3.46. The number of alkyl halides is 3. The van der Waals surface area contributed by atoms with E-state index in [1.54, 1.807) is 54.6 Å². The number of fused-ring (bicyclic) bond motifs is 1. The number of halogens is 4. The van der Waals surface area contributed by atoms with Crippen LogP contribution < -0.4 is 5.32 Å². The molecule has 1 atom stereocenters. The molecule has 0 saturated heterocycles. The van der Waals surface area contributed by atoms with Gasteiger partial charge in [0.15, 0.2) is 0 Å². The average Bonchev–Trinajstić information content (AvgIpc) is 2.60. The van der Waals surface area contributed by atoms with Gasteiger partial charge in [0.2, 0.25) is 0 Å². The number of rotatable bonds is 5. The zero-order valence-corrected chi connectivity index (χ0v) is 15.8. The maximum atomic E-state index is 13.2. The fraction of sp³-hybridized carbons (Fsp3) is 0.238. The molecule has 2 aromatic carbocycles. The minimum Gasteiger partial charge on any atom is -0.346 e. The van der Waals surface area contributed by atoms with Gasteiger partial charge in [0.25, 0.3) is 5.91 Å². The lowest BCUT2D eigenvalue weighted by molar-refractivity contribution is -0.147. The highest BCUT2D eigenvalue weighted by Crippen LogP contribution is 2.30. The molecule has 146 valence electrons. The number of nitrogens with one attached hydrogen (secondary N) is 1. The van der Waals surface area contributed by atoms with E-state index in [2.05, 4.69) is 10.3 Å². The molecule has 1 unspecified atom stereocenters. The van der Waals surface area contributed by atoms with Crippen LogP contribution in [-0.2, 0) is 6.42 Å². The first-order valence-electron chi connectivity index (χ1n) is 8.63. The molecule has 3 nitrogen and oxygen atoms in total. The summed E-state index contributed by atoms with van der Waals surface area (Å²) in [6.45, 7) is 1.40. The largest absolute Gasteiger partial charge is 0.391 e. The molecule has 1 aromatic heterocycles. The van der Waals surface area contributed by atoms with Crippen LogP contribution in [0, 0.1) is 0 Å². The van der Waals surface area contributed by atoms with E-state index in [-0.39, 0.29) is 12.0 Å². The van der Waals surface area contributed by atoms with Crippen LogP contribution in [0.4, 0.5) is 13.2 Å². The van der Waals surface area contributed by atoms with Crippen molar-refractivity contribution in [3.63, 3.8) is 0 Å². The average molecular weight is 407 g/mol. The molecule has 3 rings (SSSR count). The van der Waals surface area contributed by atoms with Crippen LogP contribution in [0.3, 0.4) is 0 Å². The van der Waals surface area contributed by atoms with Gasteiger partial charge in [-0.3, -0.25) is 9.78 Å². The maximum absolute atomic E-state index is 13.2. The molecule has 0 spiro atoms. The smallest absolute Gasteiger partial charge is 0.346 e. The van der Waals surface area contributed by atoms with Crippen LogP contribution in [0.5, 0.6) is 0 Å². The molecule has 0 fully saturated rings. The summed E-state index contributed by atoms with van der Waals surface area (Å²) < 4.78 is 39.5. The molecule has 0 saturated carbocycles. The number of hydrogen-bond donors (Lipinski definition) is 1. The Labute approximate surface area is 165 Å². The van der Waals surface area contributed by atoms with Gasteiger partial charge in [0, 0.05) is 11.6 Å². The number of carbonyl (C=O) groups excluding carboxylic acids is 1. The van der Waals surface area contributed by atoms with Crippen molar-refractivity contribution in [3.05, 3.63) is 76.9 Å². The predicted octanol–water partition coefficient (Wildman–Crippen LogP) is 5.57. The first kappa shape index (κ1) is 20.1. The van der Waals surface area contributed by atoms with Crippen molar-refractivity contribution < 1.29 is 18.0 Å². The van der Waals surface area contributed by atoms with Crippen molar-refractivity contribution in [2.24, 2.45) is 0 Å². The van der Waals surface area contributed by atoms with Crippen molar-refractivity contribution in [1.29, 1.82) is 0 Å². The highest BCUT2D eigenvalue weighted by atomic mass is 35.5. The minimum absolute atomic E-state index is 0.0475. The summed E-state index contributed by atoms with van der Waals surface area (Å²) in [4.78, 5) is 16.9. The minimum atomic E-state index is -4.42. The first-order chi connectivity index (χ1) is 13.2. The van der Waals surface area contributed by atoms with E-state index in [1.807, 2.05) is 0 Å². The van der Waals surface area contributed by atoms with Crippen LogP contribution in [0.2, 0.25) is 5.02 Å². The molecule has 1 heterocycles. The van der Waals surface area contributed by atoms with Crippen LogP contribution in [0.25, 0.3) is 10.9 Å². The van der Waals surface area contributed by atoms with E-state index in [0.717, 1.165) is 0 Å². The number of hydrogen-bond acceptors (Lipinski definition) is 2. The van der Waals surface area contributed by atoms with E-state index in [4.69, 9.17) is 11.6 Å². The Kier molecular flexibility index (Phi) is 5.61. The highest BCUT2D eigenvalue weighted by molar-refractivity contribution is 6.35. The van der Waals surface area contributed by atoms with Gasteiger partial charge in [-0.1, -0.05) is 54.1 Å². The number of nitrogens with zero attached hydrogens (tertiary/aromatic N) is 1. The Morgan fingerprint density at radius 2 is 1.82 bits per heavy atom. The van der Waals surface area contributed by atoms with Gasteiger partial charge in [-0.05, 0) is 31.0 Å². The third kappa shape index (κ3) is 5.01. The summed E-state index contributed by atoms with van der Waals surface area (Å²) in [5.74, 6) is -0.614. The summed E-state index contributed by atoms with van der Waals surface area (Å²) >= 11 is 6.07. The van der Waals surface area contributed by atoms with E-state index in [9.17, 15) is 18.0 Å². The van der Waals surface area contributed by atoms with Gasteiger partial charge < -0.3 is 5.32 Å². The molecule has 0 aliphatic heterocycles. The Morgan fingerprint density at radius 3 is 2.50 bits per heavy atom. The summed E-state index contributed by atoms with van der Waals surface area (Å²) in [5.41, 5.74) is -0.0859. The molecule has 0 radical (unpaired) electrons. The van der Waals surface area contributed by atoms with Crippen LogP contribution >= 0.6 is 11.6 Å². The zero-order valence-electron chi connectivity index (χ0n) is 15.1. The third-order valence-corrected chi connectivity index (χ3v) is 4.67. The van der Waals surface area contributed by atoms with E-state index >= 15 is 0 Å². The molecular weight excluding hydrogens is 389 g/mol. The van der Waals surface area contributed by atoms with Gasteiger partial charge in [-0.2, -0.15) is 13.2 Å². The van der Waals surface area contributed by atoms with Gasteiger partial charge in [0.05, 0.1) is 28.1 Å². The van der Waals surface area contributed by atoms with Gasteiger partial charge >= 0.3 is 6.18 Å². The molecule has 3 aromatic rings. The molecule has 7 heteroatoms. The lowest BCUT2D eigenvalue weighted by atomic mass is 9.88. The van der Waals surface area contributed by atoms with Crippen molar-refractivity contribution in [2.75, 3.05) is 0 Å². The van der Waals surface area contributed by atoms with Crippen LogP contribution in [0.15, 0.2) is 60.8 Å². The lowest BCUT2D eigenvalue weighted by Gasteiger charge is -2.32. The van der Waals surface area contributed by atoms with Crippen molar-refractivity contribution in [2.45, 2.75) is 31.5 Å². The number of pyridine rings is 1. The van der Waals surface area contributed by atoms with E-state index in [0.29, 0.717) is 21.5 Å². The maximum Gasteiger partial charge on any atom is 0.391 e. The topological polar surface area (TPSA) is 42.0 Å². The molecule has 28 heavy (non-hydrogen) atoms. The van der Waals surface area contributed by atoms with Crippen LogP contribution in [0.1, 0.15) is 29.3 Å². The predicted molar refractivity (Wildman–Crippen MR) is 103 cm³/mol. The fourth-order valence-electron chi connectivity index (χ4n) is 3.23. The van der Waals surface area contributed by atoms with E-state index < -0.39 is 24.0 Å². The highest BCUT2D eigenvalue weighted by Gasteiger charge is 2.40. The molecule has 0 aliphatic carbocycles. The summed E-state index contributed by atoms with van der Waals surface area (Å²) in [6, 6.07) is 15.5. The summed E-state index contributed by atoms with van der Waals surface area (Å²) in [5, 5.41) is 3.64. The Hall–Kier alpha value is -2.60. The molecular formula is C21H18ClF3N2O. The second kappa shape index (κ2) is 7.80. The number of carbonyl (C=O) groups is 1. The SMILES string of the molecule is CC(Cc1ccccc1)(CC(F)(F)F)NC(=O)c1cnc2c(Cl)cccc2c1. The third-order valence-electron chi connectivity index (χ3n) is 4.37. The first-order valence-corrected chi connectivity index (χ1v) is 9.00. The molecule has 0 bridgehead atoms. The summed E-state index contributed by atoms with van der Waals surface area (Å²) in [7, 11) is 0. The number of aromatic nitrogens is 1. The number of amides is 1. The van der Waals surface area contributed by atoms with E-state index in [1.165, 1.54) is 13.1 Å². The lowest BCUT2D eigenvalue weighted by Crippen LogP contribution is -2.50. The number of para-hydroxylation sites is 1. The zero-order chi connectivity index (χ0) is 20.4.